The number of hydrogen-bond acceptors (Lipinski definition) is 3. The van der Waals surface area contributed by atoms with E-state index in [9.17, 15) is 9.59 Å². The Bertz CT molecular complexity index is 585. The van der Waals surface area contributed by atoms with Gasteiger partial charge in [-0.1, -0.05) is 0 Å². The Hall–Kier alpha value is -2.04. The number of ether oxygens (including phenoxy) is 1. The summed E-state index contributed by atoms with van der Waals surface area (Å²) >= 11 is 0. The molecule has 0 unspecified atom stereocenters. The van der Waals surface area contributed by atoms with Gasteiger partial charge in [-0.2, -0.15) is 0 Å². The molecule has 122 valence electrons. The molecule has 1 amide bonds. The largest absolute Gasteiger partial charge is 0.462 e. The van der Waals surface area contributed by atoms with Crippen molar-refractivity contribution in [1.82, 2.24) is 9.47 Å². The Balaban J connectivity index is 3.30. The number of esters is 1. The van der Waals surface area contributed by atoms with Crippen LogP contribution in [0.1, 0.15) is 48.1 Å². The molecule has 0 spiro atoms. The number of hydrogen-bond donors (Lipinski definition) is 0. The van der Waals surface area contributed by atoms with E-state index in [1.165, 1.54) is 6.08 Å². The van der Waals surface area contributed by atoms with Crippen molar-refractivity contribution in [2.45, 2.75) is 41.2 Å². The number of carbonyl (C=O) groups excluding carboxylic acids is 2. The van der Waals surface area contributed by atoms with Crippen molar-refractivity contribution in [3.63, 3.8) is 0 Å². The first-order valence-electron chi connectivity index (χ1n) is 7.68. The number of aromatic nitrogens is 1. The lowest BCUT2D eigenvalue weighted by Crippen LogP contribution is -2.23. The van der Waals surface area contributed by atoms with E-state index < -0.39 is 0 Å². The molecule has 0 N–H and O–H groups in total. The van der Waals surface area contributed by atoms with Crippen molar-refractivity contribution in [3.05, 3.63) is 28.6 Å². The minimum absolute atomic E-state index is 0.0846. The highest BCUT2D eigenvalue weighted by molar-refractivity contribution is 5.98. The summed E-state index contributed by atoms with van der Waals surface area (Å²) in [5, 5.41) is 0. The molecule has 1 heterocycles. The molecule has 1 aromatic rings. The number of nitrogens with zero attached hydrogens (tertiary/aromatic N) is 2. The summed E-state index contributed by atoms with van der Waals surface area (Å²) in [6, 6.07) is 0. The fourth-order valence-corrected chi connectivity index (χ4v) is 2.48. The maximum atomic E-state index is 12.2. The molecule has 5 nitrogen and oxygen atoms in total. The zero-order valence-electron chi connectivity index (χ0n) is 14.4. The summed E-state index contributed by atoms with van der Waals surface area (Å²) in [5.74, 6) is -0.426. The van der Waals surface area contributed by atoms with Crippen molar-refractivity contribution < 1.29 is 14.3 Å². The Labute approximate surface area is 132 Å². The standard InChI is InChI=1S/C17H26N2O3/c1-7-18(6)15(20)11-10-14-12(4)19(8-2)13(5)16(14)17(21)22-9-3/h10-11H,7-9H2,1-6H3/b11-10+. The van der Waals surface area contributed by atoms with E-state index in [-0.39, 0.29) is 11.9 Å². The highest BCUT2D eigenvalue weighted by atomic mass is 16.5. The summed E-state index contributed by atoms with van der Waals surface area (Å²) in [7, 11) is 1.74. The zero-order valence-corrected chi connectivity index (χ0v) is 14.4. The van der Waals surface area contributed by atoms with Crippen molar-refractivity contribution in [1.29, 1.82) is 0 Å². The number of rotatable bonds is 6. The Morgan fingerprint density at radius 1 is 1.18 bits per heavy atom. The van der Waals surface area contributed by atoms with Crippen LogP contribution >= 0.6 is 0 Å². The van der Waals surface area contributed by atoms with Crippen LogP contribution in [0.15, 0.2) is 6.08 Å². The van der Waals surface area contributed by atoms with Gasteiger partial charge in [-0.25, -0.2) is 4.79 Å². The van der Waals surface area contributed by atoms with Crippen LogP contribution in [-0.2, 0) is 16.1 Å². The maximum absolute atomic E-state index is 12.2. The average Bonchev–Trinajstić information content (AvgIpc) is 2.74. The first-order chi connectivity index (χ1) is 10.4. The molecule has 0 bridgehead atoms. The van der Waals surface area contributed by atoms with Crippen LogP contribution in [0.2, 0.25) is 0 Å². The molecule has 0 aliphatic rings. The smallest absolute Gasteiger partial charge is 0.340 e. The van der Waals surface area contributed by atoms with Gasteiger partial charge in [0.1, 0.15) is 0 Å². The van der Waals surface area contributed by atoms with Gasteiger partial charge in [-0.05, 0) is 40.7 Å². The van der Waals surface area contributed by atoms with Crippen LogP contribution < -0.4 is 0 Å². The van der Waals surface area contributed by atoms with Crippen molar-refractivity contribution >= 4 is 18.0 Å². The predicted molar refractivity (Wildman–Crippen MR) is 87.9 cm³/mol. The van der Waals surface area contributed by atoms with Crippen LogP contribution in [0, 0.1) is 13.8 Å². The minimum Gasteiger partial charge on any atom is -0.462 e. The molecule has 0 saturated heterocycles. The number of likely N-dealkylation sites (N-methyl/N-ethyl adjacent to an activating group) is 1. The second kappa shape index (κ2) is 7.82. The van der Waals surface area contributed by atoms with Gasteiger partial charge in [-0.3, -0.25) is 4.79 Å². The summed E-state index contributed by atoms with van der Waals surface area (Å²) in [5.41, 5.74) is 3.14. The molecule has 0 fully saturated rings. The monoisotopic (exact) mass is 306 g/mol. The van der Waals surface area contributed by atoms with Crippen molar-refractivity contribution in [3.8, 4) is 0 Å². The van der Waals surface area contributed by atoms with Crippen LogP contribution in [0.5, 0.6) is 0 Å². The summed E-state index contributed by atoms with van der Waals surface area (Å²) in [6.45, 7) is 11.3. The molecule has 0 aliphatic heterocycles. The van der Waals surface area contributed by atoms with Gasteiger partial charge in [0.25, 0.3) is 0 Å². The molecule has 0 aliphatic carbocycles. The third-order valence-corrected chi connectivity index (χ3v) is 3.87. The molecule has 1 aromatic heterocycles. The minimum atomic E-state index is -0.341. The van der Waals surface area contributed by atoms with Gasteiger partial charge in [0.15, 0.2) is 0 Å². The van der Waals surface area contributed by atoms with E-state index in [4.69, 9.17) is 4.74 Å². The van der Waals surface area contributed by atoms with Gasteiger partial charge in [0.05, 0.1) is 12.2 Å². The topological polar surface area (TPSA) is 51.5 Å². The summed E-state index contributed by atoms with van der Waals surface area (Å²) in [6.07, 6.45) is 3.23. The third kappa shape index (κ3) is 3.59. The highest BCUT2D eigenvalue weighted by Crippen LogP contribution is 2.25. The second-order valence-corrected chi connectivity index (χ2v) is 5.11. The second-order valence-electron chi connectivity index (χ2n) is 5.11. The molecule has 0 saturated carbocycles. The van der Waals surface area contributed by atoms with Crippen LogP contribution in [-0.4, -0.2) is 41.5 Å². The normalized spacial score (nSPS) is 11.0. The maximum Gasteiger partial charge on any atom is 0.340 e. The Morgan fingerprint density at radius 2 is 1.82 bits per heavy atom. The molecule has 0 radical (unpaired) electrons. The van der Waals surface area contributed by atoms with E-state index in [1.807, 2.05) is 27.7 Å². The van der Waals surface area contributed by atoms with E-state index in [1.54, 1.807) is 24.9 Å². The molecule has 0 atom stereocenters. The SMILES string of the molecule is CCOC(=O)c1c(/C=C/C(=O)N(C)CC)c(C)n(CC)c1C. The summed E-state index contributed by atoms with van der Waals surface area (Å²) in [4.78, 5) is 25.8. The molecular weight excluding hydrogens is 280 g/mol. The van der Waals surface area contributed by atoms with E-state index in [0.29, 0.717) is 18.7 Å². The van der Waals surface area contributed by atoms with Gasteiger partial charge < -0.3 is 14.2 Å². The van der Waals surface area contributed by atoms with E-state index in [0.717, 1.165) is 23.5 Å². The van der Waals surface area contributed by atoms with E-state index in [2.05, 4.69) is 4.57 Å². The van der Waals surface area contributed by atoms with Crippen LogP contribution in [0.3, 0.4) is 0 Å². The highest BCUT2D eigenvalue weighted by Gasteiger charge is 2.22. The zero-order chi connectivity index (χ0) is 16.9. The third-order valence-electron chi connectivity index (χ3n) is 3.87. The fraction of sp³-hybridized carbons (Fsp3) is 0.529. The van der Waals surface area contributed by atoms with Crippen molar-refractivity contribution in [2.75, 3.05) is 20.2 Å². The van der Waals surface area contributed by atoms with Gasteiger partial charge in [0, 0.05) is 43.2 Å². The van der Waals surface area contributed by atoms with Crippen LogP contribution in [0.4, 0.5) is 0 Å². The fourth-order valence-electron chi connectivity index (χ4n) is 2.48. The first kappa shape index (κ1) is 18.0. The lowest BCUT2D eigenvalue weighted by Gasteiger charge is -2.10. The molecule has 0 aromatic carbocycles. The van der Waals surface area contributed by atoms with Crippen molar-refractivity contribution in [2.24, 2.45) is 0 Å². The van der Waals surface area contributed by atoms with Crippen LogP contribution in [0.25, 0.3) is 6.08 Å². The van der Waals surface area contributed by atoms with Gasteiger partial charge in [-0.15, -0.1) is 0 Å². The molecule has 5 heteroatoms. The lowest BCUT2D eigenvalue weighted by molar-refractivity contribution is -0.124. The first-order valence-corrected chi connectivity index (χ1v) is 7.68. The van der Waals surface area contributed by atoms with Gasteiger partial charge in [0.2, 0.25) is 5.91 Å². The van der Waals surface area contributed by atoms with Gasteiger partial charge >= 0.3 is 5.97 Å². The number of amides is 1. The Kier molecular flexibility index (Phi) is 6.40. The van der Waals surface area contributed by atoms with E-state index >= 15 is 0 Å². The molecule has 1 rings (SSSR count). The summed E-state index contributed by atoms with van der Waals surface area (Å²) < 4.78 is 7.21. The number of carbonyl (C=O) groups is 2. The molecule has 22 heavy (non-hydrogen) atoms. The average molecular weight is 306 g/mol. The molecular formula is C17H26N2O3. The lowest BCUT2D eigenvalue weighted by atomic mass is 10.1. The quantitative estimate of drug-likeness (QED) is 0.600. The predicted octanol–water partition coefficient (Wildman–Crippen LogP) is 2.79. The Morgan fingerprint density at radius 3 is 2.32 bits per heavy atom.